The smallest absolute Gasteiger partial charge is 0.312 e. The lowest BCUT2D eigenvalue weighted by Crippen LogP contribution is -2.46. The molecule has 1 amide bonds. The Kier molecular flexibility index (Phi) is 4.05. The summed E-state index contributed by atoms with van der Waals surface area (Å²) in [7, 11) is 0. The Bertz CT molecular complexity index is 247. The highest BCUT2D eigenvalue weighted by Crippen LogP contribution is 2.19. The van der Waals surface area contributed by atoms with Crippen molar-refractivity contribution < 1.29 is 24.5 Å². The van der Waals surface area contributed by atoms with Crippen molar-refractivity contribution in [1.82, 2.24) is 5.32 Å². The average molecular weight is 217 g/mol. The van der Waals surface area contributed by atoms with Crippen LogP contribution in [0.1, 0.15) is 19.3 Å². The van der Waals surface area contributed by atoms with E-state index in [4.69, 9.17) is 9.84 Å². The minimum atomic E-state index is -1.17. The fourth-order valence-corrected chi connectivity index (χ4v) is 1.39. The summed E-state index contributed by atoms with van der Waals surface area (Å²) in [4.78, 5) is 21.2. The second-order valence-corrected chi connectivity index (χ2v) is 3.68. The number of aliphatic carboxylic acids is 1. The summed E-state index contributed by atoms with van der Waals surface area (Å²) < 4.78 is 5.07. The molecule has 1 fully saturated rings. The molecule has 86 valence electrons. The number of carboxylic acid groups (broad SMARTS) is 1. The van der Waals surface area contributed by atoms with Gasteiger partial charge in [0.1, 0.15) is 6.42 Å². The van der Waals surface area contributed by atoms with Crippen LogP contribution in [0.4, 0.5) is 0 Å². The van der Waals surface area contributed by atoms with Crippen LogP contribution in [0.3, 0.4) is 0 Å². The summed E-state index contributed by atoms with van der Waals surface area (Å²) in [6, 6.07) is 0. The normalized spacial score (nSPS) is 19.5. The molecule has 1 heterocycles. The number of hydrogen-bond acceptors (Lipinski definition) is 4. The Morgan fingerprint density at radius 2 is 1.93 bits per heavy atom. The monoisotopic (exact) mass is 217 g/mol. The molecule has 6 heteroatoms. The maximum absolute atomic E-state index is 11.0. The zero-order valence-corrected chi connectivity index (χ0v) is 8.36. The predicted octanol–water partition coefficient (Wildman–Crippen LogP) is -0.881. The van der Waals surface area contributed by atoms with E-state index in [1.54, 1.807) is 0 Å². The zero-order chi connectivity index (χ0) is 11.3. The maximum Gasteiger partial charge on any atom is 0.312 e. The van der Waals surface area contributed by atoms with Gasteiger partial charge in [-0.3, -0.25) is 9.59 Å². The molecule has 0 spiro atoms. The fraction of sp³-hybridized carbons (Fsp3) is 0.778. The summed E-state index contributed by atoms with van der Waals surface area (Å²) in [6.45, 7) is 1.01. The molecular weight excluding hydrogens is 202 g/mol. The molecule has 15 heavy (non-hydrogen) atoms. The quantitative estimate of drug-likeness (QED) is 0.531. The first-order valence-electron chi connectivity index (χ1n) is 4.80. The van der Waals surface area contributed by atoms with Gasteiger partial charge in [-0.15, -0.1) is 0 Å². The van der Waals surface area contributed by atoms with Gasteiger partial charge < -0.3 is 20.3 Å². The molecule has 0 aromatic carbocycles. The van der Waals surface area contributed by atoms with Crippen LogP contribution in [0, 0.1) is 0 Å². The van der Waals surface area contributed by atoms with Gasteiger partial charge in [-0.05, 0) is 0 Å². The van der Waals surface area contributed by atoms with Gasteiger partial charge >= 0.3 is 5.97 Å². The molecular formula is C9H15NO5. The Morgan fingerprint density at radius 3 is 2.47 bits per heavy atom. The van der Waals surface area contributed by atoms with E-state index in [9.17, 15) is 14.7 Å². The number of hydrogen-bond donors (Lipinski definition) is 3. The molecule has 1 aliphatic heterocycles. The minimum Gasteiger partial charge on any atom is -0.481 e. The van der Waals surface area contributed by atoms with E-state index >= 15 is 0 Å². The van der Waals surface area contributed by atoms with Crippen molar-refractivity contribution >= 4 is 11.9 Å². The van der Waals surface area contributed by atoms with Crippen LogP contribution in [-0.2, 0) is 14.3 Å². The van der Waals surface area contributed by atoms with E-state index in [2.05, 4.69) is 5.32 Å². The van der Waals surface area contributed by atoms with E-state index in [-0.39, 0.29) is 6.54 Å². The number of aliphatic hydroxyl groups is 1. The van der Waals surface area contributed by atoms with Gasteiger partial charge in [-0.2, -0.15) is 0 Å². The van der Waals surface area contributed by atoms with Gasteiger partial charge in [0.05, 0.1) is 5.60 Å². The Labute approximate surface area is 87.2 Å². The number of carboxylic acids is 1. The van der Waals surface area contributed by atoms with Crippen molar-refractivity contribution in [3.05, 3.63) is 0 Å². The SMILES string of the molecule is O=C(O)CC(=O)NCC1(O)CCOCC1. The van der Waals surface area contributed by atoms with E-state index in [0.717, 1.165) is 0 Å². The van der Waals surface area contributed by atoms with Crippen molar-refractivity contribution in [1.29, 1.82) is 0 Å². The second kappa shape index (κ2) is 5.09. The third-order valence-corrected chi connectivity index (χ3v) is 2.35. The van der Waals surface area contributed by atoms with Crippen LogP contribution >= 0.6 is 0 Å². The molecule has 6 nitrogen and oxygen atoms in total. The van der Waals surface area contributed by atoms with Gasteiger partial charge in [-0.1, -0.05) is 0 Å². The highest BCUT2D eigenvalue weighted by Gasteiger charge is 2.30. The maximum atomic E-state index is 11.0. The average Bonchev–Trinajstić information content (AvgIpc) is 2.15. The van der Waals surface area contributed by atoms with Crippen molar-refractivity contribution in [2.75, 3.05) is 19.8 Å². The highest BCUT2D eigenvalue weighted by atomic mass is 16.5. The first-order chi connectivity index (χ1) is 7.02. The summed E-state index contributed by atoms with van der Waals surface area (Å²) >= 11 is 0. The van der Waals surface area contributed by atoms with Crippen molar-refractivity contribution in [3.63, 3.8) is 0 Å². The molecule has 1 saturated heterocycles. The van der Waals surface area contributed by atoms with Gasteiger partial charge in [0.25, 0.3) is 0 Å². The molecule has 3 N–H and O–H groups in total. The van der Waals surface area contributed by atoms with Crippen molar-refractivity contribution in [2.45, 2.75) is 24.9 Å². The molecule has 1 aliphatic rings. The van der Waals surface area contributed by atoms with E-state index in [0.29, 0.717) is 26.1 Å². The molecule has 0 saturated carbocycles. The number of carbonyl (C=O) groups excluding carboxylic acids is 1. The van der Waals surface area contributed by atoms with E-state index in [1.165, 1.54) is 0 Å². The number of ether oxygens (including phenoxy) is 1. The van der Waals surface area contributed by atoms with E-state index in [1.807, 2.05) is 0 Å². The van der Waals surface area contributed by atoms with Crippen molar-refractivity contribution in [3.8, 4) is 0 Å². The van der Waals surface area contributed by atoms with Crippen LogP contribution in [0.15, 0.2) is 0 Å². The predicted molar refractivity (Wildman–Crippen MR) is 50.3 cm³/mol. The first kappa shape index (κ1) is 11.9. The van der Waals surface area contributed by atoms with Gasteiger partial charge in [-0.25, -0.2) is 0 Å². The molecule has 0 unspecified atom stereocenters. The second-order valence-electron chi connectivity index (χ2n) is 3.68. The Morgan fingerprint density at radius 1 is 1.33 bits per heavy atom. The zero-order valence-electron chi connectivity index (χ0n) is 8.36. The van der Waals surface area contributed by atoms with Crippen LogP contribution in [0.25, 0.3) is 0 Å². The van der Waals surface area contributed by atoms with Crippen LogP contribution in [0.2, 0.25) is 0 Å². The topological polar surface area (TPSA) is 95.9 Å². The summed E-state index contributed by atoms with van der Waals surface area (Å²) in [5.74, 6) is -1.76. The first-order valence-corrected chi connectivity index (χ1v) is 4.80. The number of carbonyl (C=O) groups is 2. The Balaban J connectivity index is 2.28. The third-order valence-electron chi connectivity index (χ3n) is 2.35. The van der Waals surface area contributed by atoms with Gasteiger partial charge in [0.2, 0.25) is 5.91 Å². The standard InChI is InChI=1S/C9H15NO5/c11-7(5-8(12)13)10-6-9(14)1-3-15-4-2-9/h14H,1-6H2,(H,10,11)(H,12,13). The number of nitrogens with one attached hydrogen (secondary N) is 1. The van der Waals surface area contributed by atoms with Crippen molar-refractivity contribution in [2.24, 2.45) is 0 Å². The number of amides is 1. The third kappa shape index (κ3) is 4.26. The molecule has 0 bridgehead atoms. The molecule has 0 aliphatic carbocycles. The minimum absolute atomic E-state index is 0.0858. The molecule has 0 atom stereocenters. The number of rotatable bonds is 4. The fourth-order valence-electron chi connectivity index (χ4n) is 1.39. The van der Waals surface area contributed by atoms with Crippen LogP contribution in [0.5, 0.6) is 0 Å². The van der Waals surface area contributed by atoms with Gasteiger partial charge in [0.15, 0.2) is 0 Å². The van der Waals surface area contributed by atoms with Gasteiger partial charge in [0, 0.05) is 32.6 Å². The lowest BCUT2D eigenvalue weighted by molar-refractivity contribution is -0.141. The summed E-state index contributed by atoms with van der Waals surface area (Å²) in [6.07, 6.45) is 0.354. The van der Waals surface area contributed by atoms with Crippen LogP contribution < -0.4 is 5.32 Å². The molecule has 1 rings (SSSR count). The molecule has 0 aromatic rings. The van der Waals surface area contributed by atoms with E-state index < -0.39 is 23.9 Å². The summed E-state index contributed by atoms with van der Waals surface area (Å²) in [5, 5.41) is 20.7. The highest BCUT2D eigenvalue weighted by molar-refractivity contribution is 5.93. The lowest BCUT2D eigenvalue weighted by Gasteiger charge is -2.31. The lowest BCUT2D eigenvalue weighted by atomic mass is 9.94. The largest absolute Gasteiger partial charge is 0.481 e. The Hall–Kier alpha value is -1.14. The molecule has 0 radical (unpaired) electrons. The van der Waals surface area contributed by atoms with Crippen LogP contribution in [-0.4, -0.2) is 47.4 Å². The summed E-state index contributed by atoms with van der Waals surface area (Å²) in [5.41, 5.74) is -0.952. The molecule has 0 aromatic heterocycles.